The summed E-state index contributed by atoms with van der Waals surface area (Å²) in [7, 11) is 0. The highest BCUT2D eigenvalue weighted by Gasteiger charge is 2.22. The molecule has 15 heavy (non-hydrogen) atoms. The van der Waals surface area contributed by atoms with E-state index in [2.05, 4.69) is 41.0 Å². The molecule has 0 amide bonds. The first-order chi connectivity index (χ1) is 7.25. The molecule has 1 aliphatic rings. The number of nitrogens with zero attached hydrogens (tertiary/aromatic N) is 1. The van der Waals surface area contributed by atoms with E-state index in [4.69, 9.17) is 0 Å². The van der Waals surface area contributed by atoms with E-state index in [1.165, 1.54) is 5.56 Å². The summed E-state index contributed by atoms with van der Waals surface area (Å²) < 4.78 is 0. The van der Waals surface area contributed by atoms with Gasteiger partial charge >= 0.3 is 0 Å². The van der Waals surface area contributed by atoms with Gasteiger partial charge in [0.25, 0.3) is 0 Å². The summed E-state index contributed by atoms with van der Waals surface area (Å²) in [6.45, 7) is 5.31. The van der Waals surface area contributed by atoms with Gasteiger partial charge in [0, 0.05) is 11.8 Å². The third kappa shape index (κ3) is 2.98. The van der Waals surface area contributed by atoms with Crippen molar-refractivity contribution < 1.29 is 0 Å². The largest absolute Gasteiger partial charge is 0.361 e. The van der Waals surface area contributed by atoms with Crippen LogP contribution in [0.2, 0.25) is 0 Å². The summed E-state index contributed by atoms with van der Waals surface area (Å²) in [5.41, 5.74) is 1.31. The predicted molar refractivity (Wildman–Crippen MR) is 69.7 cm³/mol. The van der Waals surface area contributed by atoms with Crippen LogP contribution in [0.15, 0.2) is 21.8 Å². The molecule has 0 radical (unpaired) electrons. The zero-order chi connectivity index (χ0) is 10.7. The maximum Gasteiger partial charge on any atom is 0.157 e. The van der Waals surface area contributed by atoms with E-state index in [0.717, 1.165) is 17.5 Å². The van der Waals surface area contributed by atoms with Crippen molar-refractivity contribution in [1.82, 2.24) is 5.32 Å². The first kappa shape index (κ1) is 11.0. The van der Waals surface area contributed by atoms with E-state index in [-0.39, 0.29) is 0 Å². The number of hydrogen-bond acceptors (Lipinski definition) is 3. The van der Waals surface area contributed by atoms with Crippen molar-refractivity contribution in [3.05, 3.63) is 22.4 Å². The number of rotatable bonds is 3. The lowest BCUT2D eigenvalue weighted by Crippen LogP contribution is -2.31. The smallest absolute Gasteiger partial charge is 0.157 e. The molecule has 2 rings (SSSR count). The van der Waals surface area contributed by atoms with Gasteiger partial charge in [-0.1, -0.05) is 25.6 Å². The molecule has 1 N–H and O–H groups in total. The Morgan fingerprint density at radius 2 is 2.47 bits per heavy atom. The normalized spacial score (nSPS) is 23.7. The highest BCUT2D eigenvalue weighted by atomic mass is 32.2. The summed E-state index contributed by atoms with van der Waals surface area (Å²) in [5.74, 6) is 1.84. The van der Waals surface area contributed by atoms with Gasteiger partial charge in [-0.3, -0.25) is 4.99 Å². The van der Waals surface area contributed by atoms with E-state index in [1.54, 1.807) is 11.3 Å². The van der Waals surface area contributed by atoms with Crippen LogP contribution in [0.4, 0.5) is 0 Å². The summed E-state index contributed by atoms with van der Waals surface area (Å²) in [6, 6.07) is 2.73. The minimum Gasteiger partial charge on any atom is -0.361 e. The van der Waals surface area contributed by atoms with Crippen molar-refractivity contribution in [2.24, 2.45) is 10.9 Å². The molecule has 2 heterocycles. The fourth-order valence-corrected chi connectivity index (χ4v) is 3.26. The van der Waals surface area contributed by atoms with Gasteiger partial charge in [-0.25, -0.2) is 0 Å². The fourth-order valence-electron chi connectivity index (χ4n) is 1.41. The van der Waals surface area contributed by atoms with Gasteiger partial charge in [-0.15, -0.1) is 0 Å². The Labute approximate surface area is 99.2 Å². The molecule has 0 aromatic carbocycles. The van der Waals surface area contributed by atoms with Crippen LogP contribution in [-0.4, -0.2) is 17.0 Å². The van der Waals surface area contributed by atoms with Gasteiger partial charge in [0.05, 0.1) is 6.54 Å². The highest BCUT2D eigenvalue weighted by molar-refractivity contribution is 8.14. The lowest BCUT2D eigenvalue weighted by atomic mass is 10.1. The van der Waals surface area contributed by atoms with Crippen molar-refractivity contribution in [1.29, 1.82) is 0 Å². The van der Waals surface area contributed by atoms with E-state index in [0.29, 0.717) is 12.0 Å². The van der Waals surface area contributed by atoms with Crippen molar-refractivity contribution in [2.45, 2.75) is 26.4 Å². The fraction of sp³-hybridized carbons (Fsp3) is 0.545. The predicted octanol–water partition coefficient (Wildman–Crippen LogP) is 2.97. The molecule has 0 spiro atoms. The van der Waals surface area contributed by atoms with E-state index in [9.17, 15) is 0 Å². The van der Waals surface area contributed by atoms with Crippen LogP contribution in [0.5, 0.6) is 0 Å². The minimum absolute atomic E-state index is 0.594. The molecule has 0 unspecified atom stereocenters. The van der Waals surface area contributed by atoms with Crippen molar-refractivity contribution in [2.75, 3.05) is 5.75 Å². The Morgan fingerprint density at radius 1 is 1.60 bits per heavy atom. The average Bonchev–Trinajstić information content (AvgIpc) is 2.86. The van der Waals surface area contributed by atoms with Crippen molar-refractivity contribution >= 4 is 28.3 Å². The molecular weight excluding hydrogens is 224 g/mol. The number of nitrogens with one attached hydrogen (secondary N) is 1. The lowest BCUT2D eigenvalue weighted by Gasteiger charge is -2.12. The van der Waals surface area contributed by atoms with Crippen LogP contribution in [-0.2, 0) is 6.54 Å². The zero-order valence-electron chi connectivity index (χ0n) is 9.06. The van der Waals surface area contributed by atoms with Crippen LogP contribution in [0.25, 0.3) is 0 Å². The number of amidine groups is 1. The Hall–Kier alpha value is -0.480. The molecule has 1 aliphatic heterocycles. The first-order valence-electron chi connectivity index (χ1n) is 5.20. The standard InChI is InChI=1S/C11H16N2S2/c1-8(2)10-7-15-11(13-10)12-5-9-3-4-14-6-9/h3-4,6,8,10H,5,7H2,1-2H3,(H,12,13)/t10-/m1/s1. The van der Waals surface area contributed by atoms with Gasteiger partial charge in [0.1, 0.15) is 0 Å². The van der Waals surface area contributed by atoms with Crippen LogP contribution in [0.1, 0.15) is 19.4 Å². The SMILES string of the molecule is CC(C)[C@H]1CSC(=NCc2ccsc2)N1. The zero-order valence-corrected chi connectivity index (χ0v) is 10.7. The Balaban J connectivity index is 1.88. The third-order valence-electron chi connectivity index (χ3n) is 2.50. The van der Waals surface area contributed by atoms with Crippen LogP contribution in [0, 0.1) is 5.92 Å². The molecule has 1 atom stereocenters. The third-order valence-corrected chi connectivity index (χ3v) is 4.28. The van der Waals surface area contributed by atoms with Crippen LogP contribution in [0.3, 0.4) is 0 Å². The molecule has 1 fully saturated rings. The number of aliphatic imine (C=N–C) groups is 1. The average molecular weight is 240 g/mol. The summed E-state index contributed by atoms with van der Waals surface area (Å²) in [4.78, 5) is 4.57. The quantitative estimate of drug-likeness (QED) is 0.878. The number of thiophene rings is 1. The van der Waals surface area contributed by atoms with E-state index >= 15 is 0 Å². The molecule has 1 aromatic rings. The summed E-state index contributed by atoms with van der Waals surface area (Å²) >= 11 is 3.57. The van der Waals surface area contributed by atoms with E-state index in [1.807, 2.05) is 11.8 Å². The van der Waals surface area contributed by atoms with Crippen LogP contribution < -0.4 is 5.32 Å². The topological polar surface area (TPSA) is 24.4 Å². The maximum atomic E-state index is 4.57. The first-order valence-corrected chi connectivity index (χ1v) is 7.13. The molecule has 1 aromatic heterocycles. The second-order valence-electron chi connectivity index (χ2n) is 4.06. The van der Waals surface area contributed by atoms with Crippen molar-refractivity contribution in [3.8, 4) is 0 Å². The monoisotopic (exact) mass is 240 g/mol. The summed E-state index contributed by atoms with van der Waals surface area (Å²) in [6.07, 6.45) is 0. The molecule has 0 saturated carbocycles. The Bertz CT molecular complexity index is 330. The lowest BCUT2D eigenvalue weighted by molar-refractivity contribution is 0.503. The summed E-state index contributed by atoms with van der Waals surface area (Å²) in [5, 5.41) is 8.84. The van der Waals surface area contributed by atoms with Gasteiger partial charge in [0.2, 0.25) is 0 Å². The van der Waals surface area contributed by atoms with Gasteiger partial charge in [-0.2, -0.15) is 11.3 Å². The van der Waals surface area contributed by atoms with Crippen LogP contribution >= 0.6 is 23.1 Å². The Kier molecular flexibility index (Phi) is 3.70. The highest BCUT2D eigenvalue weighted by Crippen LogP contribution is 2.19. The Morgan fingerprint density at radius 3 is 3.07 bits per heavy atom. The van der Waals surface area contributed by atoms with Gasteiger partial charge < -0.3 is 5.32 Å². The molecule has 1 saturated heterocycles. The molecule has 0 bridgehead atoms. The molecule has 2 nitrogen and oxygen atoms in total. The second-order valence-corrected chi connectivity index (χ2v) is 5.85. The molecule has 82 valence electrons. The maximum absolute atomic E-state index is 4.57. The molecule has 4 heteroatoms. The van der Waals surface area contributed by atoms with Crippen molar-refractivity contribution in [3.63, 3.8) is 0 Å². The minimum atomic E-state index is 0.594. The van der Waals surface area contributed by atoms with Gasteiger partial charge in [-0.05, 0) is 28.3 Å². The van der Waals surface area contributed by atoms with E-state index < -0.39 is 0 Å². The van der Waals surface area contributed by atoms with Gasteiger partial charge in [0.15, 0.2) is 5.17 Å². The molecule has 0 aliphatic carbocycles. The number of thioether (sulfide) groups is 1. The molecular formula is C11H16N2S2. The second kappa shape index (κ2) is 5.03. The number of hydrogen-bond donors (Lipinski definition) is 1.